The summed E-state index contributed by atoms with van der Waals surface area (Å²) in [4.78, 5) is 37.3. The Kier molecular flexibility index (Phi) is 59.2. The molecule has 0 bridgehead atoms. The van der Waals surface area contributed by atoms with Crippen molar-refractivity contribution in [1.82, 2.24) is 0 Å². The Balaban J connectivity index is 3.88. The Morgan fingerprint density at radius 3 is 1.08 bits per heavy atom. The number of carboxylic acid groups (broad SMARTS) is 1. The number of likely N-dealkylation sites (N-methyl/N-ethyl adjacent to an activating group) is 1. The van der Waals surface area contributed by atoms with Crippen LogP contribution >= 0.6 is 0 Å². The number of rotatable bonds is 63. The van der Waals surface area contributed by atoms with Crippen LogP contribution < -0.4 is 5.11 Å². The van der Waals surface area contributed by atoms with Crippen LogP contribution in [0.3, 0.4) is 0 Å². The molecule has 462 valence electrons. The average molecular weight is 1110 g/mol. The van der Waals surface area contributed by atoms with E-state index in [2.05, 4.69) is 62.5 Å². The van der Waals surface area contributed by atoms with E-state index in [1.54, 1.807) is 0 Å². The number of aliphatic carboxylic acids is 1. The summed E-state index contributed by atoms with van der Waals surface area (Å²) in [6, 6.07) is 0. The maximum Gasteiger partial charge on any atom is 0.306 e. The zero-order valence-electron chi connectivity index (χ0n) is 52.8. The maximum absolute atomic E-state index is 12.9. The van der Waals surface area contributed by atoms with Gasteiger partial charge in [-0.3, -0.25) is 9.59 Å². The van der Waals surface area contributed by atoms with E-state index in [4.69, 9.17) is 18.9 Å². The second-order valence-corrected chi connectivity index (χ2v) is 24.1. The molecule has 0 aromatic carbocycles. The molecular weight excluding hydrogens is 983 g/mol. The molecule has 0 aromatic rings. The second kappa shape index (κ2) is 61.3. The van der Waals surface area contributed by atoms with Crippen molar-refractivity contribution in [3.8, 4) is 0 Å². The second-order valence-electron chi connectivity index (χ2n) is 24.1. The lowest BCUT2D eigenvalue weighted by atomic mass is 10.0. The van der Waals surface area contributed by atoms with Crippen LogP contribution in [0.25, 0.3) is 0 Å². The summed E-state index contributed by atoms with van der Waals surface area (Å²) < 4.78 is 22.7. The van der Waals surface area contributed by atoms with Crippen LogP contribution in [0.2, 0.25) is 0 Å². The number of allylic oxidation sites excluding steroid dienone is 8. The molecule has 2 atom stereocenters. The third-order valence-corrected chi connectivity index (χ3v) is 15.1. The topological polar surface area (TPSA) is 111 Å². The van der Waals surface area contributed by atoms with Gasteiger partial charge in [-0.25, -0.2) is 0 Å². The molecule has 0 heterocycles. The Labute approximate surface area is 489 Å². The summed E-state index contributed by atoms with van der Waals surface area (Å²) in [7, 11) is 5.93. The molecule has 0 aliphatic heterocycles. The van der Waals surface area contributed by atoms with E-state index in [0.717, 1.165) is 64.2 Å². The number of ether oxygens (including phenoxy) is 4. The molecule has 0 aliphatic carbocycles. The fourth-order valence-electron chi connectivity index (χ4n) is 9.94. The predicted molar refractivity (Wildman–Crippen MR) is 334 cm³/mol. The zero-order chi connectivity index (χ0) is 57.6. The van der Waals surface area contributed by atoms with E-state index in [1.807, 2.05) is 21.1 Å². The van der Waals surface area contributed by atoms with Crippen molar-refractivity contribution in [2.45, 2.75) is 334 Å². The fraction of sp³-hybridized carbons (Fsp3) is 0.843. The third-order valence-electron chi connectivity index (χ3n) is 15.1. The lowest BCUT2D eigenvalue weighted by molar-refractivity contribution is -0.870. The van der Waals surface area contributed by atoms with Gasteiger partial charge in [-0.05, 0) is 51.4 Å². The molecule has 0 amide bonds. The minimum absolute atomic E-state index is 0.151. The molecule has 0 aromatic heterocycles. The van der Waals surface area contributed by atoms with Crippen LogP contribution in [0.4, 0.5) is 0 Å². The molecular formula is C70H129NO8. The summed E-state index contributed by atoms with van der Waals surface area (Å²) in [5.41, 5.74) is 0. The first kappa shape index (κ1) is 76.2. The molecule has 9 heteroatoms. The van der Waals surface area contributed by atoms with E-state index in [0.29, 0.717) is 17.4 Å². The number of nitrogens with zero attached hydrogens (tertiary/aromatic N) is 1. The highest BCUT2D eigenvalue weighted by atomic mass is 16.7. The molecule has 0 spiro atoms. The van der Waals surface area contributed by atoms with E-state index >= 15 is 0 Å². The highest BCUT2D eigenvalue weighted by Crippen LogP contribution is 2.18. The first-order chi connectivity index (χ1) is 38.6. The number of unbranched alkanes of at least 4 members (excludes halogenated alkanes) is 40. The Morgan fingerprint density at radius 1 is 0.392 bits per heavy atom. The highest BCUT2D eigenvalue weighted by molar-refractivity contribution is 5.70. The standard InChI is InChI=1S/C70H129NO8/c1-6-8-10-12-14-16-18-20-21-22-23-24-25-26-27-28-29-30-31-32-33-34-35-36-37-38-39-40-41-42-43-44-45-46-47-49-51-53-55-57-59-61-68(73)79-66(65-78-70(69(74)75)76-63-62-71(3,4)5)64-77-67(72)60-58-56-54-52-50-48-19-17-15-13-11-9-7-2/h8,10,14,16,20-21,23-24,66,70H,6-7,9,11-13,15,17-19,22,25-65H2,1-5H3/b10-8-,16-14-,21-20-,24-23-. The van der Waals surface area contributed by atoms with Crippen LogP contribution in [-0.4, -0.2) is 82.3 Å². The first-order valence-corrected chi connectivity index (χ1v) is 33.8. The fourth-order valence-corrected chi connectivity index (χ4v) is 9.94. The monoisotopic (exact) mass is 1110 g/mol. The van der Waals surface area contributed by atoms with Gasteiger partial charge in [0.25, 0.3) is 0 Å². The van der Waals surface area contributed by atoms with Gasteiger partial charge in [-0.1, -0.05) is 306 Å². The Hall–Kier alpha value is -2.75. The summed E-state index contributed by atoms with van der Waals surface area (Å²) in [6.07, 6.45) is 75.0. The number of carboxylic acids is 1. The molecule has 0 fully saturated rings. The number of hydrogen-bond acceptors (Lipinski definition) is 8. The zero-order valence-corrected chi connectivity index (χ0v) is 52.8. The van der Waals surface area contributed by atoms with Crippen molar-refractivity contribution >= 4 is 17.9 Å². The average Bonchev–Trinajstić information content (AvgIpc) is 3.42. The SMILES string of the molecule is CC/C=C\C/C=C\C/C=C\C/C=C\CCCCCCCCCCCCCCCCCCCCCCCCCCCCCCC(=O)OC(COC(=O)CCCCCCCCCCCCCCC)COC(OCC[N+](C)(C)C)C(=O)[O-]. The largest absolute Gasteiger partial charge is 0.545 e. The maximum atomic E-state index is 12.9. The lowest BCUT2D eigenvalue weighted by Crippen LogP contribution is -2.44. The molecule has 0 rings (SSSR count). The van der Waals surface area contributed by atoms with Crippen molar-refractivity contribution in [2.75, 3.05) is 47.5 Å². The Morgan fingerprint density at radius 2 is 0.722 bits per heavy atom. The first-order valence-electron chi connectivity index (χ1n) is 33.8. The van der Waals surface area contributed by atoms with Gasteiger partial charge in [-0.2, -0.15) is 0 Å². The number of carbonyl (C=O) groups excluding carboxylic acids is 3. The normalized spacial score (nSPS) is 13.0. The van der Waals surface area contributed by atoms with Crippen molar-refractivity contribution in [2.24, 2.45) is 0 Å². The van der Waals surface area contributed by atoms with Gasteiger partial charge in [-0.15, -0.1) is 0 Å². The molecule has 0 saturated carbocycles. The lowest BCUT2D eigenvalue weighted by Gasteiger charge is -2.26. The number of carbonyl (C=O) groups is 3. The molecule has 2 unspecified atom stereocenters. The van der Waals surface area contributed by atoms with Crippen LogP contribution in [0.5, 0.6) is 0 Å². The van der Waals surface area contributed by atoms with E-state index in [-0.39, 0.29) is 32.2 Å². The van der Waals surface area contributed by atoms with Gasteiger partial charge in [0.15, 0.2) is 12.4 Å². The molecule has 0 N–H and O–H groups in total. The van der Waals surface area contributed by atoms with Crippen LogP contribution in [-0.2, 0) is 33.3 Å². The van der Waals surface area contributed by atoms with Crippen molar-refractivity contribution < 1.29 is 42.9 Å². The van der Waals surface area contributed by atoms with E-state index in [1.165, 1.54) is 231 Å². The summed E-state index contributed by atoms with van der Waals surface area (Å²) in [5.74, 6) is -2.26. The van der Waals surface area contributed by atoms with Crippen molar-refractivity contribution in [1.29, 1.82) is 0 Å². The summed E-state index contributed by atoms with van der Waals surface area (Å²) in [6.45, 7) is 4.68. The number of hydrogen-bond donors (Lipinski definition) is 0. The van der Waals surface area contributed by atoms with Crippen molar-refractivity contribution in [3.63, 3.8) is 0 Å². The van der Waals surface area contributed by atoms with Crippen LogP contribution in [0.15, 0.2) is 48.6 Å². The Bertz CT molecular complexity index is 1430. The molecule has 0 radical (unpaired) electrons. The molecule has 0 aliphatic rings. The van der Waals surface area contributed by atoms with Gasteiger partial charge < -0.3 is 33.3 Å². The van der Waals surface area contributed by atoms with Gasteiger partial charge in [0.1, 0.15) is 13.2 Å². The third kappa shape index (κ3) is 62.7. The number of esters is 2. The van der Waals surface area contributed by atoms with E-state index < -0.39 is 24.3 Å². The smallest absolute Gasteiger partial charge is 0.306 e. The summed E-state index contributed by atoms with van der Waals surface area (Å²) >= 11 is 0. The minimum Gasteiger partial charge on any atom is -0.545 e. The molecule has 0 saturated heterocycles. The summed E-state index contributed by atoms with van der Waals surface area (Å²) in [5, 5.41) is 11.8. The van der Waals surface area contributed by atoms with Crippen LogP contribution in [0.1, 0.15) is 322 Å². The quantitative estimate of drug-likeness (QED) is 0.0195. The molecule has 79 heavy (non-hydrogen) atoms. The van der Waals surface area contributed by atoms with Gasteiger partial charge in [0.2, 0.25) is 0 Å². The highest BCUT2D eigenvalue weighted by Gasteiger charge is 2.22. The van der Waals surface area contributed by atoms with Crippen molar-refractivity contribution in [3.05, 3.63) is 48.6 Å². The number of quaternary nitrogens is 1. The van der Waals surface area contributed by atoms with E-state index in [9.17, 15) is 19.5 Å². The minimum atomic E-state index is -1.62. The van der Waals surface area contributed by atoms with Crippen LogP contribution in [0, 0.1) is 0 Å². The molecule has 9 nitrogen and oxygen atoms in total. The van der Waals surface area contributed by atoms with Gasteiger partial charge in [0, 0.05) is 12.8 Å². The van der Waals surface area contributed by atoms with Gasteiger partial charge in [0.05, 0.1) is 40.3 Å². The predicted octanol–water partition coefficient (Wildman–Crippen LogP) is 19.2. The van der Waals surface area contributed by atoms with Gasteiger partial charge >= 0.3 is 11.9 Å².